The lowest BCUT2D eigenvalue weighted by molar-refractivity contribution is -0.145. The number of ether oxygens (including phenoxy) is 1. The molecular weight excluding hydrogens is 401 g/mol. The molecule has 12 heteroatoms. The highest BCUT2D eigenvalue weighted by Crippen LogP contribution is 2.39. The Morgan fingerprint density at radius 1 is 1.24 bits per heavy atom. The third-order valence-electron chi connectivity index (χ3n) is 4.15. The number of rotatable bonds is 3. The Balaban J connectivity index is 1.90. The van der Waals surface area contributed by atoms with E-state index in [4.69, 9.17) is 10.5 Å². The zero-order valence-electron chi connectivity index (χ0n) is 14.8. The Morgan fingerprint density at radius 3 is 2.52 bits per heavy atom. The zero-order chi connectivity index (χ0) is 21.3. The molecule has 1 aromatic carbocycles. The Morgan fingerprint density at radius 2 is 1.90 bits per heavy atom. The number of nitrogen functional groups attached to an aromatic ring is 1. The number of nitrogens with two attached hydrogens (primary N) is 1. The van der Waals surface area contributed by atoms with Crippen LogP contribution in [-0.4, -0.2) is 34.8 Å². The smallest absolute Gasteiger partial charge is 0.412 e. The number of aromatic nitrogens is 2. The van der Waals surface area contributed by atoms with E-state index >= 15 is 0 Å². The number of allylic oxidation sites excluding steroid dienone is 1. The minimum atomic E-state index is -4.90. The maximum Gasteiger partial charge on any atom is 0.412 e. The first-order valence-electron chi connectivity index (χ1n) is 8.10. The van der Waals surface area contributed by atoms with Crippen LogP contribution in [0.1, 0.15) is 12.5 Å². The Bertz CT molecular complexity index is 975. The van der Waals surface area contributed by atoms with Crippen molar-refractivity contribution in [2.75, 3.05) is 17.7 Å². The molecule has 0 saturated carbocycles. The van der Waals surface area contributed by atoms with Crippen LogP contribution in [0.2, 0.25) is 0 Å². The molecule has 0 saturated heterocycles. The maximum atomic E-state index is 13.8. The third-order valence-corrected chi connectivity index (χ3v) is 4.15. The molecule has 0 fully saturated rings. The van der Waals surface area contributed by atoms with E-state index in [0.717, 1.165) is 18.5 Å². The number of halogens is 5. The predicted octanol–water partition coefficient (Wildman–Crippen LogP) is 3.26. The van der Waals surface area contributed by atoms with Crippen molar-refractivity contribution in [1.82, 2.24) is 15.3 Å². The molecule has 1 aromatic heterocycles. The average molecular weight is 415 g/mol. The number of carbonyl (C=O) groups excluding carboxylic acids is 1. The van der Waals surface area contributed by atoms with Gasteiger partial charge in [0, 0.05) is 17.2 Å². The molecule has 0 aliphatic carbocycles. The van der Waals surface area contributed by atoms with Crippen molar-refractivity contribution in [3.63, 3.8) is 0 Å². The average Bonchev–Trinajstić information content (AvgIpc) is 2.62. The molecule has 1 unspecified atom stereocenters. The molecule has 1 atom stereocenters. The number of alkyl halides is 3. The van der Waals surface area contributed by atoms with Crippen molar-refractivity contribution in [1.29, 1.82) is 0 Å². The standard InChI is InChI=1S/C17H14F5N5O2/c1-7-10-2-8(18)3-12(19)13(10)29-6-11(7)14(17(20,21)22)27-16(28)26-9-4-24-15(23)25-5-9/h2-5,14H,6H2,1H3,(H2,23,24,25)(H2,26,27,28). The molecule has 0 bridgehead atoms. The van der Waals surface area contributed by atoms with E-state index in [2.05, 4.69) is 15.3 Å². The summed E-state index contributed by atoms with van der Waals surface area (Å²) in [5.41, 5.74) is 4.70. The molecule has 3 rings (SSSR count). The van der Waals surface area contributed by atoms with E-state index in [-0.39, 0.29) is 28.5 Å². The number of urea groups is 1. The fourth-order valence-corrected chi connectivity index (χ4v) is 2.78. The van der Waals surface area contributed by atoms with Gasteiger partial charge in [-0.05, 0) is 18.6 Å². The van der Waals surface area contributed by atoms with Crippen LogP contribution in [-0.2, 0) is 0 Å². The van der Waals surface area contributed by atoms with Crippen LogP contribution in [0, 0.1) is 11.6 Å². The van der Waals surface area contributed by atoms with Crippen LogP contribution in [0.25, 0.3) is 5.57 Å². The van der Waals surface area contributed by atoms with E-state index in [9.17, 15) is 26.7 Å². The second-order valence-corrected chi connectivity index (χ2v) is 6.11. The van der Waals surface area contributed by atoms with Gasteiger partial charge in [-0.15, -0.1) is 0 Å². The first kappa shape index (κ1) is 20.3. The second kappa shape index (κ2) is 7.53. The van der Waals surface area contributed by atoms with Crippen molar-refractivity contribution in [3.8, 4) is 5.75 Å². The number of hydrogen-bond donors (Lipinski definition) is 3. The molecule has 154 valence electrons. The molecule has 2 aromatic rings. The largest absolute Gasteiger partial charge is 0.485 e. The third kappa shape index (κ3) is 4.36. The summed E-state index contributed by atoms with van der Waals surface area (Å²) in [5.74, 6) is -2.43. The summed E-state index contributed by atoms with van der Waals surface area (Å²) in [7, 11) is 0. The van der Waals surface area contributed by atoms with E-state index in [1.165, 1.54) is 6.92 Å². The summed E-state index contributed by atoms with van der Waals surface area (Å²) >= 11 is 0. The lowest BCUT2D eigenvalue weighted by Crippen LogP contribution is -2.50. The van der Waals surface area contributed by atoms with Crippen molar-refractivity contribution in [2.45, 2.75) is 19.1 Å². The molecule has 0 radical (unpaired) electrons. The summed E-state index contributed by atoms with van der Waals surface area (Å²) in [6, 6.07) is -2.22. The molecular formula is C17H14F5N5O2. The van der Waals surface area contributed by atoms with Gasteiger partial charge < -0.3 is 21.1 Å². The lowest BCUT2D eigenvalue weighted by Gasteiger charge is -2.30. The Labute approximate surface area is 160 Å². The lowest BCUT2D eigenvalue weighted by atomic mass is 9.93. The number of benzene rings is 1. The number of hydrogen-bond acceptors (Lipinski definition) is 5. The minimum absolute atomic E-state index is 0.0118. The minimum Gasteiger partial charge on any atom is -0.485 e. The van der Waals surface area contributed by atoms with Crippen LogP contribution >= 0.6 is 0 Å². The van der Waals surface area contributed by atoms with E-state index in [1.807, 2.05) is 0 Å². The van der Waals surface area contributed by atoms with Gasteiger partial charge in [-0.3, -0.25) is 0 Å². The van der Waals surface area contributed by atoms with Gasteiger partial charge in [-0.1, -0.05) is 0 Å². The molecule has 1 aliphatic heterocycles. The number of carbonyl (C=O) groups is 1. The second-order valence-electron chi connectivity index (χ2n) is 6.11. The highest BCUT2D eigenvalue weighted by Gasteiger charge is 2.45. The summed E-state index contributed by atoms with van der Waals surface area (Å²) in [4.78, 5) is 19.3. The molecule has 4 N–H and O–H groups in total. The first-order chi connectivity index (χ1) is 13.6. The van der Waals surface area contributed by atoms with Gasteiger partial charge in [-0.2, -0.15) is 13.2 Å². The van der Waals surface area contributed by atoms with Gasteiger partial charge in [-0.25, -0.2) is 23.5 Å². The molecule has 1 aliphatic rings. The fraction of sp³-hybridized carbons (Fsp3) is 0.235. The summed E-state index contributed by atoms with van der Waals surface area (Å²) in [6.07, 6.45) is -2.68. The highest BCUT2D eigenvalue weighted by atomic mass is 19.4. The Hall–Kier alpha value is -3.44. The van der Waals surface area contributed by atoms with Crippen molar-refractivity contribution >= 4 is 23.2 Å². The monoisotopic (exact) mass is 415 g/mol. The molecule has 2 amide bonds. The van der Waals surface area contributed by atoms with Crippen LogP contribution in [0.4, 0.5) is 38.4 Å². The first-order valence-corrected chi connectivity index (χ1v) is 8.10. The van der Waals surface area contributed by atoms with Gasteiger partial charge in [0.1, 0.15) is 12.4 Å². The van der Waals surface area contributed by atoms with Gasteiger partial charge >= 0.3 is 12.2 Å². The quantitative estimate of drug-likeness (QED) is 0.668. The van der Waals surface area contributed by atoms with Crippen LogP contribution in [0.5, 0.6) is 5.75 Å². The zero-order valence-corrected chi connectivity index (χ0v) is 14.8. The predicted molar refractivity (Wildman–Crippen MR) is 92.9 cm³/mol. The van der Waals surface area contributed by atoms with Crippen LogP contribution in [0.15, 0.2) is 30.1 Å². The molecule has 29 heavy (non-hydrogen) atoms. The van der Waals surface area contributed by atoms with E-state index in [1.54, 1.807) is 5.32 Å². The normalized spacial score (nSPS) is 14.7. The number of nitrogens with zero attached hydrogens (tertiary/aromatic N) is 2. The van der Waals surface area contributed by atoms with Crippen molar-refractivity contribution < 1.29 is 31.5 Å². The fourth-order valence-electron chi connectivity index (χ4n) is 2.78. The summed E-state index contributed by atoms with van der Waals surface area (Å²) in [5, 5.41) is 3.94. The van der Waals surface area contributed by atoms with Crippen molar-refractivity contribution in [2.24, 2.45) is 0 Å². The number of fused-ring (bicyclic) bond motifs is 1. The van der Waals surface area contributed by atoms with E-state index in [0.29, 0.717) is 6.07 Å². The number of nitrogens with one attached hydrogen (secondary N) is 2. The summed E-state index contributed by atoms with van der Waals surface area (Å²) < 4.78 is 73.4. The van der Waals surface area contributed by atoms with Crippen LogP contribution in [0.3, 0.4) is 0 Å². The van der Waals surface area contributed by atoms with Gasteiger partial charge in [0.25, 0.3) is 0 Å². The highest BCUT2D eigenvalue weighted by molar-refractivity contribution is 5.90. The number of amides is 2. The SMILES string of the molecule is CC1=C(C(NC(=O)Nc2cnc(N)nc2)C(F)(F)F)COc2c(F)cc(F)cc21. The van der Waals surface area contributed by atoms with Crippen LogP contribution < -0.4 is 21.1 Å². The molecule has 7 nitrogen and oxygen atoms in total. The molecule has 0 spiro atoms. The van der Waals surface area contributed by atoms with Gasteiger partial charge in [0.2, 0.25) is 5.95 Å². The maximum absolute atomic E-state index is 13.8. The van der Waals surface area contributed by atoms with Gasteiger partial charge in [0.05, 0.1) is 18.1 Å². The van der Waals surface area contributed by atoms with Gasteiger partial charge in [0.15, 0.2) is 17.6 Å². The summed E-state index contributed by atoms with van der Waals surface area (Å²) in [6.45, 7) is 0.624. The van der Waals surface area contributed by atoms with E-state index < -0.39 is 42.1 Å². The topological polar surface area (TPSA) is 102 Å². The molecule has 2 heterocycles. The Kier molecular flexibility index (Phi) is 5.27. The number of anilines is 2. The van der Waals surface area contributed by atoms with Crippen molar-refractivity contribution in [3.05, 3.63) is 47.3 Å².